The Morgan fingerprint density at radius 3 is 2.38 bits per heavy atom. The average Bonchev–Trinajstić information content (AvgIpc) is 2.18. The third-order valence-electron chi connectivity index (χ3n) is 2.55. The minimum atomic E-state index is 0.159. The number of aliphatic hydroxyl groups excluding tert-OH is 1. The lowest BCUT2D eigenvalue weighted by Gasteiger charge is -2.11. The second-order valence-corrected chi connectivity index (χ2v) is 3.64. The van der Waals surface area contributed by atoms with Gasteiger partial charge in [0.15, 0.2) is 0 Å². The predicted molar refractivity (Wildman–Crippen MR) is 55.5 cm³/mol. The molecule has 0 fully saturated rings. The van der Waals surface area contributed by atoms with Crippen LogP contribution in [0.2, 0.25) is 0 Å². The predicted octanol–water partition coefficient (Wildman–Crippen LogP) is 2.77. The molecule has 1 rings (SSSR count). The Kier molecular flexibility index (Phi) is 3.97. The van der Waals surface area contributed by atoms with E-state index >= 15 is 0 Å². The maximum atomic E-state index is 9.10. The van der Waals surface area contributed by atoms with Gasteiger partial charge in [-0.3, -0.25) is 0 Å². The van der Waals surface area contributed by atoms with E-state index in [-0.39, 0.29) is 6.61 Å². The molecule has 1 aromatic rings. The van der Waals surface area contributed by atoms with Gasteiger partial charge in [-0.25, -0.2) is 0 Å². The summed E-state index contributed by atoms with van der Waals surface area (Å²) in [5.74, 6) is 0.702. The van der Waals surface area contributed by atoms with Gasteiger partial charge in [-0.05, 0) is 23.5 Å². The fourth-order valence-corrected chi connectivity index (χ4v) is 1.43. The van der Waals surface area contributed by atoms with Gasteiger partial charge in [0.2, 0.25) is 0 Å². The third-order valence-corrected chi connectivity index (χ3v) is 2.55. The average molecular weight is 178 g/mol. The lowest BCUT2D eigenvalue weighted by molar-refractivity contribution is 0.280. The van der Waals surface area contributed by atoms with Crippen LogP contribution in [0.3, 0.4) is 0 Å². The molecule has 1 nitrogen and oxygen atoms in total. The first-order chi connectivity index (χ1) is 6.27. The summed E-state index contributed by atoms with van der Waals surface area (Å²) in [5, 5.41) is 9.10. The molecule has 0 amide bonds. The van der Waals surface area contributed by atoms with Crippen molar-refractivity contribution >= 4 is 0 Å². The van der Waals surface area contributed by atoms with Crippen molar-refractivity contribution in [3.05, 3.63) is 35.4 Å². The van der Waals surface area contributed by atoms with Crippen molar-refractivity contribution in [2.45, 2.75) is 33.3 Å². The Morgan fingerprint density at radius 2 is 1.85 bits per heavy atom. The van der Waals surface area contributed by atoms with Crippen molar-refractivity contribution in [1.82, 2.24) is 0 Å². The van der Waals surface area contributed by atoms with Crippen LogP contribution in [0.5, 0.6) is 0 Å². The SMILES string of the molecule is CCC(C)Cc1ccccc1CO. The van der Waals surface area contributed by atoms with Crippen molar-refractivity contribution in [2.24, 2.45) is 5.92 Å². The summed E-state index contributed by atoms with van der Waals surface area (Å²) in [6.07, 6.45) is 2.27. The molecule has 0 aliphatic carbocycles. The monoisotopic (exact) mass is 178 g/mol. The van der Waals surface area contributed by atoms with Crippen molar-refractivity contribution < 1.29 is 5.11 Å². The summed E-state index contributed by atoms with van der Waals surface area (Å²) >= 11 is 0. The van der Waals surface area contributed by atoms with Crippen LogP contribution >= 0.6 is 0 Å². The Balaban J connectivity index is 2.74. The van der Waals surface area contributed by atoms with Crippen LogP contribution in [0.25, 0.3) is 0 Å². The lowest BCUT2D eigenvalue weighted by Crippen LogP contribution is -2.01. The summed E-state index contributed by atoms with van der Waals surface area (Å²) < 4.78 is 0. The summed E-state index contributed by atoms with van der Waals surface area (Å²) in [5.41, 5.74) is 2.36. The van der Waals surface area contributed by atoms with Gasteiger partial charge in [0, 0.05) is 0 Å². The first kappa shape index (κ1) is 10.3. The first-order valence-electron chi connectivity index (χ1n) is 4.95. The second-order valence-electron chi connectivity index (χ2n) is 3.64. The molecule has 1 unspecified atom stereocenters. The molecular weight excluding hydrogens is 160 g/mol. The molecule has 0 bridgehead atoms. The van der Waals surface area contributed by atoms with Gasteiger partial charge in [-0.15, -0.1) is 0 Å². The number of aliphatic hydroxyl groups is 1. The number of hydrogen-bond donors (Lipinski definition) is 1. The van der Waals surface area contributed by atoms with Crippen LogP contribution in [-0.2, 0) is 13.0 Å². The largest absolute Gasteiger partial charge is 0.392 e. The van der Waals surface area contributed by atoms with E-state index in [0.717, 1.165) is 12.0 Å². The highest BCUT2D eigenvalue weighted by molar-refractivity contribution is 5.26. The zero-order chi connectivity index (χ0) is 9.68. The molecule has 72 valence electrons. The summed E-state index contributed by atoms with van der Waals surface area (Å²) in [6.45, 7) is 4.60. The smallest absolute Gasteiger partial charge is 0.0684 e. The van der Waals surface area contributed by atoms with Crippen LogP contribution < -0.4 is 0 Å². The molecule has 1 heteroatoms. The minimum absolute atomic E-state index is 0.159. The fourth-order valence-electron chi connectivity index (χ4n) is 1.43. The molecular formula is C12H18O. The van der Waals surface area contributed by atoms with Crippen molar-refractivity contribution in [3.63, 3.8) is 0 Å². The lowest BCUT2D eigenvalue weighted by atomic mass is 9.95. The second kappa shape index (κ2) is 5.03. The fraction of sp³-hybridized carbons (Fsp3) is 0.500. The van der Waals surface area contributed by atoms with Crippen LogP contribution in [0.1, 0.15) is 31.4 Å². The molecule has 0 aromatic heterocycles. The molecule has 1 N–H and O–H groups in total. The summed E-state index contributed by atoms with van der Waals surface area (Å²) in [7, 11) is 0. The summed E-state index contributed by atoms with van der Waals surface area (Å²) in [4.78, 5) is 0. The van der Waals surface area contributed by atoms with E-state index in [0.29, 0.717) is 5.92 Å². The Labute approximate surface area is 80.4 Å². The van der Waals surface area contributed by atoms with E-state index in [2.05, 4.69) is 19.9 Å². The van der Waals surface area contributed by atoms with Crippen LogP contribution in [0, 0.1) is 5.92 Å². The van der Waals surface area contributed by atoms with E-state index in [1.165, 1.54) is 12.0 Å². The van der Waals surface area contributed by atoms with Crippen molar-refractivity contribution in [2.75, 3.05) is 0 Å². The van der Waals surface area contributed by atoms with Crippen molar-refractivity contribution in [1.29, 1.82) is 0 Å². The van der Waals surface area contributed by atoms with Gasteiger partial charge in [0.25, 0.3) is 0 Å². The molecule has 0 aliphatic rings. The number of hydrogen-bond acceptors (Lipinski definition) is 1. The molecule has 0 aliphatic heterocycles. The van der Waals surface area contributed by atoms with Gasteiger partial charge in [0.1, 0.15) is 0 Å². The van der Waals surface area contributed by atoms with E-state index in [1.807, 2.05) is 18.2 Å². The topological polar surface area (TPSA) is 20.2 Å². The van der Waals surface area contributed by atoms with E-state index in [4.69, 9.17) is 5.11 Å². The van der Waals surface area contributed by atoms with Gasteiger partial charge >= 0.3 is 0 Å². The van der Waals surface area contributed by atoms with Gasteiger partial charge < -0.3 is 5.11 Å². The van der Waals surface area contributed by atoms with Gasteiger partial charge in [0.05, 0.1) is 6.61 Å². The molecule has 13 heavy (non-hydrogen) atoms. The number of rotatable bonds is 4. The summed E-state index contributed by atoms with van der Waals surface area (Å²) in [6, 6.07) is 8.12. The van der Waals surface area contributed by atoms with Gasteiger partial charge in [-0.2, -0.15) is 0 Å². The van der Waals surface area contributed by atoms with Crippen molar-refractivity contribution in [3.8, 4) is 0 Å². The highest BCUT2D eigenvalue weighted by atomic mass is 16.3. The zero-order valence-corrected chi connectivity index (χ0v) is 8.46. The molecule has 0 spiro atoms. The van der Waals surface area contributed by atoms with Crippen LogP contribution in [0.4, 0.5) is 0 Å². The highest BCUT2D eigenvalue weighted by Crippen LogP contribution is 2.15. The molecule has 0 saturated carbocycles. The van der Waals surface area contributed by atoms with E-state index in [1.54, 1.807) is 0 Å². The Bertz CT molecular complexity index is 255. The van der Waals surface area contributed by atoms with E-state index < -0.39 is 0 Å². The third kappa shape index (κ3) is 2.85. The quantitative estimate of drug-likeness (QED) is 0.751. The highest BCUT2D eigenvalue weighted by Gasteiger charge is 2.04. The van der Waals surface area contributed by atoms with E-state index in [9.17, 15) is 0 Å². The molecule has 0 saturated heterocycles. The zero-order valence-electron chi connectivity index (χ0n) is 8.46. The molecule has 1 atom stereocenters. The minimum Gasteiger partial charge on any atom is -0.392 e. The first-order valence-corrected chi connectivity index (χ1v) is 4.95. The molecule has 0 radical (unpaired) electrons. The maximum absolute atomic E-state index is 9.10. The standard InChI is InChI=1S/C12H18O/c1-3-10(2)8-11-6-4-5-7-12(11)9-13/h4-7,10,13H,3,8-9H2,1-2H3. The molecule has 0 heterocycles. The Hall–Kier alpha value is -0.820. The normalized spacial score (nSPS) is 12.8. The number of benzene rings is 1. The van der Waals surface area contributed by atoms with Crippen LogP contribution in [-0.4, -0.2) is 5.11 Å². The Morgan fingerprint density at radius 1 is 1.23 bits per heavy atom. The molecule has 1 aromatic carbocycles. The van der Waals surface area contributed by atoms with Crippen LogP contribution in [0.15, 0.2) is 24.3 Å². The van der Waals surface area contributed by atoms with Gasteiger partial charge in [-0.1, -0.05) is 44.5 Å². The maximum Gasteiger partial charge on any atom is 0.0684 e.